The van der Waals surface area contributed by atoms with Crippen molar-refractivity contribution in [3.63, 3.8) is 0 Å². The second-order valence-corrected chi connectivity index (χ2v) is 3.18. The van der Waals surface area contributed by atoms with E-state index in [9.17, 15) is 4.79 Å². The molecule has 2 heteroatoms. The second kappa shape index (κ2) is 2.63. The molecule has 0 aliphatic carbocycles. The van der Waals surface area contributed by atoms with E-state index in [2.05, 4.69) is 11.0 Å². The Morgan fingerprint density at radius 3 is 3.00 bits per heavy atom. The van der Waals surface area contributed by atoms with Crippen LogP contribution in [0.1, 0.15) is 11.5 Å². The molecule has 2 nitrogen and oxygen atoms in total. The van der Waals surface area contributed by atoms with Crippen molar-refractivity contribution in [1.29, 1.82) is 0 Å². The molecule has 1 aromatic carbocycles. The van der Waals surface area contributed by atoms with E-state index in [0.717, 1.165) is 18.4 Å². The van der Waals surface area contributed by atoms with E-state index in [1.807, 2.05) is 25.2 Å². The minimum absolute atomic E-state index is 0.0752. The number of carbonyl (C=O) groups is 1. The maximum Gasteiger partial charge on any atom is 0.129 e. The average Bonchev–Trinajstić information content (AvgIpc) is 2.44. The number of aldehydes is 1. The van der Waals surface area contributed by atoms with Crippen LogP contribution in [0.25, 0.3) is 0 Å². The summed E-state index contributed by atoms with van der Waals surface area (Å²) in [6, 6.07) is 8.06. The summed E-state index contributed by atoms with van der Waals surface area (Å²) in [7, 11) is 2.02. The van der Waals surface area contributed by atoms with Gasteiger partial charge in [-0.2, -0.15) is 0 Å². The first-order valence-electron chi connectivity index (χ1n) is 4.08. The number of nitrogens with zero attached hydrogens (tertiary/aromatic N) is 1. The fourth-order valence-corrected chi connectivity index (χ4v) is 1.76. The van der Waals surface area contributed by atoms with Gasteiger partial charge in [0, 0.05) is 19.3 Å². The van der Waals surface area contributed by atoms with Gasteiger partial charge in [0.15, 0.2) is 0 Å². The molecule has 2 rings (SSSR count). The second-order valence-electron chi connectivity index (χ2n) is 3.18. The smallest absolute Gasteiger partial charge is 0.129 e. The summed E-state index contributed by atoms with van der Waals surface area (Å²) in [5, 5.41) is 0. The van der Waals surface area contributed by atoms with Gasteiger partial charge >= 0.3 is 0 Å². The zero-order valence-corrected chi connectivity index (χ0v) is 7.03. The van der Waals surface area contributed by atoms with Crippen molar-refractivity contribution in [3.05, 3.63) is 29.8 Å². The van der Waals surface area contributed by atoms with Gasteiger partial charge in [-0.25, -0.2) is 0 Å². The molecular formula is C10H11NO. The minimum atomic E-state index is 0.0752. The standard InChI is InChI=1S/C10H11NO/c1-11-6-8(7-12)9-4-2-3-5-10(9)11/h2-5,7-8H,6H2,1H3/t8-/m1/s1. The van der Waals surface area contributed by atoms with Crippen molar-refractivity contribution in [2.75, 3.05) is 18.5 Å². The Morgan fingerprint density at radius 2 is 2.25 bits per heavy atom. The van der Waals surface area contributed by atoms with E-state index >= 15 is 0 Å². The highest BCUT2D eigenvalue weighted by Gasteiger charge is 2.24. The molecule has 0 saturated carbocycles. The van der Waals surface area contributed by atoms with E-state index < -0.39 is 0 Å². The molecule has 1 heterocycles. The number of para-hydroxylation sites is 1. The molecule has 0 amide bonds. The Balaban J connectivity index is 2.49. The molecule has 0 N–H and O–H groups in total. The summed E-state index contributed by atoms with van der Waals surface area (Å²) in [5.41, 5.74) is 2.35. The van der Waals surface area contributed by atoms with Crippen LogP contribution in [0.5, 0.6) is 0 Å². The van der Waals surface area contributed by atoms with Crippen molar-refractivity contribution in [2.45, 2.75) is 5.92 Å². The molecule has 0 bridgehead atoms. The normalized spacial score (nSPS) is 20.8. The molecule has 62 valence electrons. The molecule has 1 aromatic rings. The predicted octanol–water partition coefficient (Wildman–Crippen LogP) is 1.42. The summed E-state index contributed by atoms with van der Waals surface area (Å²) in [6.45, 7) is 0.822. The van der Waals surface area contributed by atoms with Crippen molar-refractivity contribution in [1.82, 2.24) is 0 Å². The molecule has 0 saturated heterocycles. The number of hydrogen-bond acceptors (Lipinski definition) is 2. The lowest BCUT2D eigenvalue weighted by molar-refractivity contribution is -0.108. The monoisotopic (exact) mass is 161 g/mol. The Morgan fingerprint density at radius 1 is 1.50 bits per heavy atom. The van der Waals surface area contributed by atoms with Gasteiger partial charge in [0.05, 0.1) is 5.92 Å². The molecular weight excluding hydrogens is 150 g/mol. The summed E-state index contributed by atoms with van der Waals surface area (Å²) in [5.74, 6) is 0.0752. The topological polar surface area (TPSA) is 20.3 Å². The van der Waals surface area contributed by atoms with Gasteiger partial charge in [-0.1, -0.05) is 18.2 Å². The zero-order valence-electron chi connectivity index (χ0n) is 7.03. The van der Waals surface area contributed by atoms with E-state index in [1.165, 1.54) is 5.69 Å². The number of likely N-dealkylation sites (N-methyl/N-ethyl adjacent to an activating group) is 1. The van der Waals surface area contributed by atoms with Crippen molar-refractivity contribution in [3.8, 4) is 0 Å². The molecule has 0 spiro atoms. The van der Waals surface area contributed by atoms with Crippen LogP contribution in [0, 0.1) is 0 Å². The van der Waals surface area contributed by atoms with Gasteiger partial charge in [-0.15, -0.1) is 0 Å². The van der Waals surface area contributed by atoms with Gasteiger partial charge in [0.2, 0.25) is 0 Å². The van der Waals surface area contributed by atoms with Crippen LogP contribution in [-0.4, -0.2) is 19.9 Å². The third-order valence-corrected chi connectivity index (χ3v) is 2.38. The number of benzene rings is 1. The maximum atomic E-state index is 10.7. The van der Waals surface area contributed by atoms with E-state index in [-0.39, 0.29) is 5.92 Å². The minimum Gasteiger partial charge on any atom is -0.373 e. The third-order valence-electron chi connectivity index (χ3n) is 2.38. The van der Waals surface area contributed by atoms with E-state index in [1.54, 1.807) is 0 Å². The van der Waals surface area contributed by atoms with E-state index in [4.69, 9.17) is 0 Å². The molecule has 12 heavy (non-hydrogen) atoms. The first-order valence-corrected chi connectivity index (χ1v) is 4.08. The molecule has 0 aromatic heterocycles. The summed E-state index contributed by atoms with van der Waals surface area (Å²) >= 11 is 0. The first-order chi connectivity index (χ1) is 5.83. The number of carbonyl (C=O) groups excluding carboxylic acids is 1. The van der Waals surface area contributed by atoms with E-state index in [0.29, 0.717) is 0 Å². The van der Waals surface area contributed by atoms with Crippen LogP contribution in [-0.2, 0) is 4.79 Å². The van der Waals surface area contributed by atoms with Gasteiger partial charge in [0.1, 0.15) is 6.29 Å². The fraction of sp³-hybridized carbons (Fsp3) is 0.300. The molecule has 1 aliphatic heterocycles. The zero-order chi connectivity index (χ0) is 8.55. The lowest BCUT2D eigenvalue weighted by Crippen LogP contribution is -2.15. The average molecular weight is 161 g/mol. The number of anilines is 1. The van der Waals surface area contributed by atoms with Gasteiger partial charge in [-0.05, 0) is 11.6 Å². The van der Waals surface area contributed by atoms with Crippen LogP contribution < -0.4 is 4.90 Å². The summed E-state index contributed by atoms with van der Waals surface area (Å²) in [4.78, 5) is 12.8. The molecule has 0 unspecified atom stereocenters. The highest BCUT2D eigenvalue weighted by molar-refractivity contribution is 5.74. The van der Waals surface area contributed by atoms with Crippen molar-refractivity contribution in [2.24, 2.45) is 0 Å². The quantitative estimate of drug-likeness (QED) is 0.580. The number of hydrogen-bond donors (Lipinski definition) is 0. The predicted molar refractivity (Wildman–Crippen MR) is 48.5 cm³/mol. The Hall–Kier alpha value is -1.31. The third kappa shape index (κ3) is 0.916. The molecule has 0 radical (unpaired) electrons. The summed E-state index contributed by atoms with van der Waals surface area (Å²) < 4.78 is 0. The Kier molecular flexibility index (Phi) is 1.61. The van der Waals surface area contributed by atoms with Crippen molar-refractivity contribution < 1.29 is 4.79 Å². The van der Waals surface area contributed by atoms with Crippen molar-refractivity contribution >= 4 is 12.0 Å². The van der Waals surface area contributed by atoms with Gasteiger partial charge in [0.25, 0.3) is 0 Å². The highest BCUT2D eigenvalue weighted by Crippen LogP contribution is 2.33. The maximum absolute atomic E-state index is 10.7. The van der Waals surface area contributed by atoms with Crippen LogP contribution >= 0.6 is 0 Å². The van der Waals surface area contributed by atoms with Crippen LogP contribution in [0.2, 0.25) is 0 Å². The Labute approximate surface area is 71.8 Å². The lowest BCUT2D eigenvalue weighted by atomic mass is 10.0. The molecule has 1 atom stereocenters. The number of rotatable bonds is 1. The van der Waals surface area contributed by atoms with Gasteiger partial charge < -0.3 is 9.69 Å². The molecule has 1 aliphatic rings. The number of fused-ring (bicyclic) bond motifs is 1. The summed E-state index contributed by atoms with van der Waals surface area (Å²) in [6.07, 6.45) is 1.03. The fourth-order valence-electron chi connectivity index (χ4n) is 1.76. The van der Waals surface area contributed by atoms with Gasteiger partial charge in [-0.3, -0.25) is 0 Å². The first kappa shape index (κ1) is 7.35. The molecule has 0 fully saturated rings. The van der Waals surface area contributed by atoms with Crippen LogP contribution in [0.3, 0.4) is 0 Å². The highest BCUT2D eigenvalue weighted by atomic mass is 16.1. The SMILES string of the molecule is CN1C[C@H](C=O)c2ccccc21. The Bertz CT molecular complexity index is 308. The van der Waals surface area contributed by atoms with Crippen LogP contribution in [0.4, 0.5) is 5.69 Å². The largest absolute Gasteiger partial charge is 0.373 e. The lowest BCUT2D eigenvalue weighted by Gasteiger charge is -2.10. The van der Waals surface area contributed by atoms with Crippen LogP contribution in [0.15, 0.2) is 24.3 Å².